The molecule has 0 heterocycles. The van der Waals surface area contributed by atoms with Crippen LogP contribution in [-0.4, -0.2) is 5.97 Å². The van der Waals surface area contributed by atoms with Crippen molar-refractivity contribution in [3.05, 3.63) is 60.1 Å². The molecule has 90 valence electrons. The molecule has 3 heteroatoms. The Hall–Kier alpha value is -2.03. The Kier molecular flexibility index (Phi) is 5.01. The van der Waals surface area contributed by atoms with Gasteiger partial charge in [-0.2, -0.15) is 0 Å². The Labute approximate surface area is 101 Å². The summed E-state index contributed by atoms with van der Waals surface area (Å²) in [7, 11) is 0. The second-order valence-corrected chi connectivity index (χ2v) is 3.70. The molecule has 0 aliphatic heterocycles. The molecule has 0 atom stereocenters. The molecule has 0 spiro atoms. The second-order valence-electron chi connectivity index (χ2n) is 3.70. The van der Waals surface area contributed by atoms with Gasteiger partial charge in [0, 0.05) is 12.8 Å². The van der Waals surface area contributed by atoms with Crippen molar-refractivity contribution in [1.82, 2.24) is 0 Å². The minimum absolute atomic E-state index is 0.0648. The Bertz CT molecular complexity index is 383. The molecular weight excluding hydrogens is 216 g/mol. The van der Waals surface area contributed by atoms with E-state index in [4.69, 9.17) is 4.74 Å². The van der Waals surface area contributed by atoms with Crippen molar-refractivity contribution in [2.45, 2.75) is 19.8 Å². The van der Waals surface area contributed by atoms with E-state index in [0.717, 1.165) is 24.4 Å². The fourth-order valence-corrected chi connectivity index (χ4v) is 1.17. The van der Waals surface area contributed by atoms with Crippen molar-refractivity contribution in [2.75, 3.05) is 0 Å². The molecule has 0 saturated heterocycles. The van der Waals surface area contributed by atoms with Crippen LogP contribution in [0.4, 0.5) is 0 Å². The minimum Gasteiger partial charge on any atom is -0.545 e. The van der Waals surface area contributed by atoms with Crippen molar-refractivity contribution in [2.24, 2.45) is 0 Å². The van der Waals surface area contributed by atoms with Gasteiger partial charge in [-0.1, -0.05) is 30.9 Å². The highest BCUT2D eigenvalue weighted by Gasteiger charge is 2.04. The van der Waals surface area contributed by atoms with Gasteiger partial charge in [0.25, 0.3) is 0 Å². The van der Waals surface area contributed by atoms with Crippen molar-refractivity contribution >= 4 is 5.97 Å². The maximum absolute atomic E-state index is 9.49. The number of carbonyl (C=O) groups is 1. The van der Waals surface area contributed by atoms with Crippen LogP contribution in [-0.2, 0) is 9.53 Å². The summed E-state index contributed by atoms with van der Waals surface area (Å²) >= 11 is 0. The lowest BCUT2D eigenvalue weighted by molar-refractivity contribution is -0.299. The highest BCUT2D eigenvalue weighted by Crippen LogP contribution is 2.20. The summed E-state index contributed by atoms with van der Waals surface area (Å²) in [5.74, 6) is 0.926. The average molecular weight is 231 g/mol. The first-order valence-electron chi connectivity index (χ1n) is 5.35. The number of hydrogen-bond donors (Lipinski definition) is 0. The number of ether oxygens (including phenoxy) is 1. The molecule has 0 aromatic rings. The largest absolute Gasteiger partial charge is 0.545 e. The number of aliphatic carboxylic acids is 1. The smallest absolute Gasteiger partial charge is 0.107 e. The van der Waals surface area contributed by atoms with E-state index < -0.39 is 5.97 Å². The number of carbonyl (C=O) groups excluding carboxylic acids is 1. The lowest BCUT2D eigenvalue weighted by atomic mass is 10.4. The van der Waals surface area contributed by atoms with Gasteiger partial charge in [0.2, 0.25) is 0 Å². The van der Waals surface area contributed by atoms with E-state index in [-0.39, 0.29) is 5.57 Å². The molecule has 2 aliphatic rings. The van der Waals surface area contributed by atoms with Gasteiger partial charge in [-0.15, -0.1) is 0 Å². The van der Waals surface area contributed by atoms with E-state index in [1.807, 2.05) is 24.3 Å². The third kappa shape index (κ3) is 5.02. The number of carboxylic acid groups (broad SMARTS) is 1. The lowest BCUT2D eigenvalue weighted by Crippen LogP contribution is -2.22. The topological polar surface area (TPSA) is 49.4 Å². The molecule has 0 aromatic carbocycles. The molecule has 0 aromatic heterocycles. The zero-order valence-corrected chi connectivity index (χ0v) is 9.81. The number of carboxylic acids is 1. The molecule has 2 aliphatic carbocycles. The Balaban J connectivity index is 0.000000209. The van der Waals surface area contributed by atoms with E-state index >= 15 is 0 Å². The molecular formula is C14H15O3-. The van der Waals surface area contributed by atoms with Crippen molar-refractivity contribution < 1.29 is 14.6 Å². The fourth-order valence-electron chi connectivity index (χ4n) is 1.17. The van der Waals surface area contributed by atoms with Crippen molar-refractivity contribution in [3.63, 3.8) is 0 Å². The Morgan fingerprint density at radius 1 is 1.24 bits per heavy atom. The van der Waals surface area contributed by atoms with Crippen LogP contribution in [0, 0.1) is 0 Å². The number of hydrogen-bond acceptors (Lipinski definition) is 3. The van der Waals surface area contributed by atoms with Crippen LogP contribution in [0.15, 0.2) is 60.1 Å². The van der Waals surface area contributed by atoms with Gasteiger partial charge < -0.3 is 14.6 Å². The van der Waals surface area contributed by atoms with Crippen LogP contribution < -0.4 is 5.11 Å². The van der Waals surface area contributed by atoms with Crippen LogP contribution in [0.2, 0.25) is 0 Å². The minimum atomic E-state index is -1.19. The summed E-state index contributed by atoms with van der Waals surface area (Å²) in [5.41, 5.74) is 0.0648. The lowest BCUT2D eigenvalue weighted by Gasteiger charge is -2.05. The maximum atomic E-state index is 9.49. The van der Waals surface area contributed by atoms with E-state index in [2.05, 4.69) is 18.7 Å². The predicted molar refractivity (Wildman–Crippen MR) is 64.6 cm³/mol. The third-order valence-corrected chi connectivity index (χ3v) is 2.09. The molecule has 17 heavy (non-hydrogen) atoms. The van der Waals surface area contributed by atoms with Crippen LogP contribution >= 0.6 is 0 Å². The zero-order valence-electron chi connectivity index (χ0n) is 9.81. The molecule has 0 saturated carbocycles. The zero-order chi connectivity index (χ0) is 12.7. The van der Waals surface area contributed by atoms with Crippen LogP contribution in [0.5, 0.6) is 0 Å². The first kappa shape index (κ1) is 13.0. The molecule has 0 bridgehead atoms. The number of rotatable bonds is 3. The van der Waals surface area contributed by atoms with E-state index in [0.29, 0.717) is 0 Å². The van der Waals surface area contributed by atoms with Gasteiger partial charge in [0.05, 0.1) is 5.97 Å². The van der Waals surface area contributed by atoms with E-state index in [9.17, 15) is 9.90 Å². The molecule has 0 N–H and O–H groups in total. The van der Waals surface area contributed by atoms with Gasteiger partial charge in [0.1, 0.15) is 11.5 Å². The van der Waals surface area contributed by atoms with Gasteiger partial charge >= 0.3 is 0 Å². The quantitative estimate of drug-likeness (QED) is 0.698. The monoisotopic (exact) mass is 231 g/mol. The normalized spacial score (nSPS) is 15.8. The molecule has 0 fully saturated rings. The van der Waals surface area contributed by atoms with Gasteiger partial charge in [0.15, 0.2) is 0 Å². The van der Waals surface area contributed by atoms with Gasteiger partial charge in [-0.3, -0.25) is 0 Å². The van der Waals surface area contributed by atoms with Gasteiger partial charge in [-0.25, -0.2) is 0 Å². The summed E-state index contributed by atoms with van der Waals surface area (Å²) in [6.45, 7) is 4.48. The first-order valence-corrected chi connectivity index (χ1v) is 5.35. The summed E-state index contributed by atoms with van der Waals surface area (Å²) in [6, 6.07) is 0. The van der Waals surface area contributed by atoms with Crippen LogP contribution in [0.25, 0.3) is 0 Å². The summed E-state index contributed by atoms with van der Waals surface area (Å²) in [5, 5.41) is 9.49. The molecule has 0 unspecified atom stereocenters. The maximum Gasteiger partial charge on any atom is 0.107 e. The highest BCUT2D eigenvalue weighted by molar-refractivity contribution is 5.82. The first-order chi connectivity index (χ1) is 8.09. The van der Waals surface area contributed by atoms with Gasteiger partial charge in [-0.05, 0) is 24.6 Å². The van der Waals surface area contributed by atoms with Crippen molar-refractivity contribution in [3.8, 4) is 0 Å². The SMILES string of the molecule is C1=CCC(OC2=CC=CC2)=C1.C=C(C)C(=O)[O-]. The molecule has 0 amide bonds. The third-order valence-electron chi connectivity index (χ3n) is 2.09. The average Bonchev–Trinajstić information content (AvgIpc) is 2.92. The van der Waals surface area contributed by atoms with Crippen LogP contribution in [0.1, 0.15) is 19.8 Å². The summed E-state index contributed by atoms with van der Waals surface area (Å²) < 4.78 is 5.57. The molecule has 3 nitrogen and oxygen atoms in total. The van der Waals surface area contributed by atoms with E-state index in [1.165, 1.54) is 6.92 Å². The second kappa shape index (κ2) is 6.53. The number of allylic oxidation sites excluding steroid dienone is 6. The Morgan fingerprint density at radius 3 is 1.88 bits per heavy atom. The fraction of sp³-hybridized carbons (Fsp3) is 0.214. The summed E-state index contributed by atoms with van der Waals surface area (Å²) in [4.78, 5) is 9.49. The Morgan fingerprint density at radius 2 is 1.65 bits per heavy atom. The van der Waals surface area contributed by atoms with Crippen LogP contribution in [0.3, 0.4) is 0 Å². The standard InChI is InChI=1S/C10H10O.C4H6O2/c1-2-6-9(5-1)11-10-7-3-4-8-10;1-3(2)4(5)6/h1-5,7H,6,8H2;1H2,2H3,(H,5,6)/p-1. The van der Waals surface area contributed by atoms with E-state index in [1.54, 1.807) is 0 Å². The molecule has 0 radical (unpaired) electrons. The predicted octanol–water partition coefficient (Wildman–Crippen LogP) is 2.00. The summed E-state index contributed by atoms with van der Waals surface area (Å²) in [6.07, 6.45) is 14.2. The molecule has 2 rings (SSSR count). The highest BCUT2D eigenvalue weighted by atomic mass is 16.5. The van der Waals surface area contributed by atoms with Crippen molar-refractivity contribution in [1.29, 1.82) is 0 Å².